The quantitative estimate of drug-likeness (QED) is 0.500. The molecule has 0 radical (unpaired) electrons. The summed E-state index contributed by atoms with van der Waals surface area (Å²) in [6.07, 6.45) is 4.53. The topological polar surface area (TPSA) is 58.6 Å². The van der Waals surface area contributed by atoms with Crippen molar-refractivity contribution in [3.05, 3.63) is 0 Å². The summed E-state index contributed by atoms with van der Waals surface area (Å²) in [5, 5.41) is 11.9. The summed E-state index contributed by atoms with van der Waals surface area (Å²) in [5.74, 6) is -0.159. The summed E-state index contributed by atoms with van der Waals surface area (Å²) >= 11 is 0. The lowest BCUT2D eigenvalue weighted by atomic mass is 9.97. The second kappa shape index (κ2) is 5.32. The van der Waals surface area contributed by atoms with Gasteiger partial charge in [-0.15, -0.1) is 0 Å². The van der Waals surface area contributed by atoms with Crippen LogP contribution in [0.15, 0.2) is 0 Å². The van der Waals surface area contributed by atoms with E-state index < -0.39 is 5.54 Å². The zero-order valence-corrected chi connectivity index (χ0v) is 8.71. The van der Waals surface area contributed by atoms with Crippen molar-refractivity contribution in [3.8, 4) is 0 Å². The molecule has 1 fully saturated rings. The highest BCUT2D eigenvalue weighted by atomic mass is 16.5. The summed E-state index contributed by atoms with van der Waals surface area (Å²) in [7, 11) is 1.43. The molecule has 1 aliphatic carbocycles. The molecule has 0 bridgehead atoms. The lowest BCUT2D eigenvalue weighted by Crippen LogP contribution is -2.50. The van der Waals surface area contributed by atoms with Crippen LogP contribution in [0.2, 0.25) is 0 Å². The molecule has 1 rings (SSSR count). The third-order valence-electron chi connectivity index (χ3n) is 2.83. The maximum Gasteiger partial charge on any atom is 0.326 e. The van der Waals surface area contributed by atoms with Crippen molar-refractivity contribution in [3.63, 3.8) is 0 Å². The molecule has 0 heterocycles. The van der Waals surface area contributed by atoms with E-state index in [4.69, 9.17) is 9.84 Å². The molecule has 82 valence electrons. The van der Waals surface area contributed by atoms with Crippen LogP contribution in [0, 0.1) is 0 Å². The zero-order chi connectivity index (χ0) is 10.4. The molecule has 2 N–H and O–H groups in total. The third-order valence-corrected chi connectivity index (χ3v) is 2.83. The largest absolute Gasteiger partial charge is 0.468 e. The summed E-state index contributed by atoms with van der Waals surface area (Å²) < 4.78 is 4.80. The molecular weight excluding hydrogens is 182 g/mol. The molecule has 14 heavy (non-hydrogen) atoms. The molecule has 0 spiro atoms. The van der Waals surface area contributed by atoms with Crippen molar-refractivity contribution in [2.45, 2.75) is 37.6 Å². The molecule has 0 saturated heterocycles. The number of rotatable bonds is 5. The molecule has 0 aromatic heterocycles. The summed E-state index contributed by atoms with van der Waals surface area (Å²) in [6, 6.07) is 0. The standard InChI is InChI=1S/C10H19NO3/c1-14-9(13)10(5-2-3-6-10)11-7-4-8-12/h11-12H,2-8H2,1H3. The van der Waals surface area contributed by atoms with Gasteiger partial charge < -0.3 is 15.2 Å². The van der Waals surface area contributed by atoms with Crippen LogP contribution in [-0.4, -0.2) is 36.9 Å². The number of esters is 1. The number of hydrogen-bond acceptors (Lipinski definition) is 4. The fourth-order valence-corrected chi connectivity index (χ4v) is 2.03. The normalized spacial score (nSPS) is 19.6. The number of methoxy groups -OCH3 is 1. The molecular formula is C10H19NO3. The highest BCUT2D eigenvalue weighted by molar-refractivity contribution is 5.81. The number of nitrogens with one attached hydrogen (secondary N) is 1. The van der Waals surface area contributed by atoms with E-state index in [1.165, 1.54) is 7.11 Å². The predicted octanol–water partition coefficient (Wildman–Crippen LogP) is 0.444. The fraction of sp³-hybridized carbons (Fsp3) is 0.900. The molecule has 4 nitrogen and oxygen atoms in total. The molecule has 1 aliphatic rings. The first-order valence-corrected chi connectivity index (χ1v) is 5.19. The smallest absolute Gasteiger partial charge is 0.326 e. The summed E-state index contributed by atoms with van der Waals surface area (Å²) in [6.45, 7) is 0.829. The Morgan fingerprint density at radius 1 is 1.50 bits per heavy atom. The van der Waals surface area contributed by atoms with Gasteiger partial charge >= 0.3 is 5.97 Å². The number of aliphatic hydroxyl groups is 1. The van der Waals surface area contributed by atoms with Crippen LogP contribution in [0.5, 0.6) is 0 Å². The van der Waals surface area contributed by atoms with E-state index >= 15 is 0 Å². The maximum atomic E-state index is 11.6. The first kappa shape index (κ1) is 11.5. The second-order valence-corrected chi connectivity index (χ2v) is 3.78. The molecule has 0 aromatic carbocycles. The van der Waals surface area contributed by atoms with E-state index in [0.717, 1.165) is 25.7 Å². The monoisotopic (exact) mass is 201 g/mol. The molecule has 0 amide bonds. The van der Waals surface area contributed by atoms with Gasteiger partial charge in [-0.2, -0.15) is 0 Å². The van der Waals surface area contributed by atoms with Crippen LogP contribution in [-0.2, 0) is 9.53 Å². The van der Waals surface area contributed by atoms with Crippen LogP contribution < -0.4 is 5.32 Å². The highest BCUT2D eigenvalue weighted by Gasteiger charge is 2.41. The third kappa shape index (κ3) is 2.45. The zero-order valence-electron chi connectivity index (χ0n) is 8.71. The van der Waals surface area contributed by atoms with Crippen LogP contribution in [0.4, 0.5) is 0 Å². The number of aliphatic hydroxyl groups excluding tert-OH is 1. The van der Waals surface area contributed by atoms with Gasteiger partial charge in [0, 0.05) is 6.61 Å². The van der Waals surface area contributed by atoms with Gasteiger partial charge in [0.25, 0.3) is 0 Å². The predicted molar refractivity (Wildman–Crippen MR) is 52.9 cm³/mol. The number of ether oxygens (including phenoxy) is 1. The average molecular weight is 201 g/mol. The minimum atomic E-state index is -0.468. The Morgan fingerprint density at radius 3 is 2.64 bits per heavy atom. The van der Waals surface area contributed by atoms with Crippen LogP contribution in [0.25, 0.3) is 0 Å². The van der Waals surface area contributed by atoms with E-state index in [9.17, 15) is 4.79 Å². The van der Waals surface area contributed by atoms with Gasteiger partial charge in [-0.25, -0.2) is 0 Å². The number of hydrogen-bond donors (Lipinski definition) is 2. The first-order valence-electron chi connectivity index (χ1n) is 5.19. The van der Waals surface area contributed by atoms with Crippen molar-refractivity contribution in [2.24, 2.45) is 0 Å². The van der Waals surface area contributed by atoms with Gasteiger partial charge in [0.15, 0.2) is 0 Å². The SMILES string of the molecule is COC(=O)C1(NCCCO)CCCC1. The summed E-state index contributed by atoms with van der Waals surface area (Å²) in [5.41, 5.74) is -0.468. The van der Waals surface area contributed by atoms with Gasteiger partial charge in [0.2, 0.25) is 0 Å². The fourth-order valence-electron chi connectivity index (χ4n) is 2.03. The van der Waals surface area contributed by atoms with Crippen molar-refractivity contribution in [1.82, 2.24) is 5.32 Å². The van der Waals surface area contributed by atoms with Crippen molar-refractivity contribution < 1.29 is 14.6 Å². The van der Waals surface area contributed by atoms with Crippen LogP contribution >= 0.6 is 0 Å². The van der Waals surface area contributed by atoms with Gasteiger partial charge in [-0.05, 0) is 25.8 Å². The van der Waals surface area contributed by atoms with Gasteiger partial charge in [0.1, 0.15) is 5.54 Å². The maximum absolute atomic E-state index is 11.6. The molecule has 0 atom stereocenters. The van der Waals surface area contributed by atoms with Crippen molar-refractivity contribution >= 4 is 5.97 Å². The number of carbonyl (C=O) groups is 1. The highest BCUT2D eigenvalue weighted by Crippen LogP contribution is 2.30. The lowest BCUT2D eigenvalue weighted by molar-refractivity contribution is -0.148. The van der Waals surface area contributed by atoms with Crippen LogP contribution in [0.3, 0.4) is 0 Å². The molecule has 1 saturated carbocycles. The minimum Gasteiger partial charge on any atom is -0.468 e. The Morgan fingerprint density at radius 2 is 2.14 bits per heavy atom. The van der Waals surface area contributed by atoms with E-state index in [1.807, 2.05) is 0 Å². The average Bonchev–Trinajstić information content (AvgIpc) is 2.67. The van der Waals surface area contributed by atoms with E-state index in [1.54, 1.807) is 0 Å². The van der Waals surface area contributed by atoms with Crippen LogP contribution in [0.1, 0.15) is 32.1 Å². The van der Waals surface area contributed by atoms with Gasteiger partial charge in [-0.1, -0.05) is 12.8 Å². The lowest BCUT2D eigenvalue weighted by Gasteiger charge is -2.27. The molecule has 0 aromatic rings. The van der Waals surface area contributed by atoms with Gasteiger partial charge in [0.05, 0.1) is 7.11 Å². The Hall–Kier alpha value is -0.610. The summed E-state index contributed by atoms with van der Waals surface area (Å²) in [4.78, 5) is 11.6. The van der Waals surface area contributed by atoms with E-state index in [-0.39, 0.29) is 12.6 Å². The molecule has 0 aliphatic heterocycles. The Kier molecular flexibility index (Phi) is 4.35. The van der Waals surface area contributed by atoms with E-state index in [0.29, 0.717) is 13.0 Å². The van der Waals surface area contributed by atoms with Crippen molar-refractivity contribution in [2.75, 3.05) is 20.3 Å². The Labute approximate surface area is 84.6 Å². The molecule has 0 unspecified atom stereocenters. The number of carbonyl (C=O) groups excluding carboxylic acids is 1. The first-order chi connectivity index (χ1) is 6.75. The van der Waals surface area contributed by atoms with E-state index in [2.05, 4.69) is 5.32 Å². The van der Waals surface area contributed by atoms with Crippen molar-refractivity contribution in [1.29, 1.82) is 0 Å². The molecule has 4 heteroatoms. The Balaban J connectivity index is 2.49. The Bertz CT molecular complexity index is 188. The van der Waals surface area contributed by atoms with Gasteiger partial charge in [-0.3, -0.25) is 4.79 Å². The second-order valence-electron chi connectivity index (χ2n) is 3.78. The minimum absolute atomic E-state index is 0.157.